The van der Waals surface area contributed by atoms with Crippen LogP contribution in [0.15, 0.2) is 24.3 Å². The van der Waals surface area contributed by atoms with Gasteiger partial charge in [0.1, 0.15) is 0 Å². The minimum absolute atomic E-state index is 0. The molecule has 0 atom stereocenters. The molecule has 0 nitrogen and oxygen atoms in total. The Morgan fingerprint density at radius 3 is 1.40 bits per heavy atom. The highest BCUT2D eigenvalue weighted by Crippen LogP contribution is 2.19. The first kappa shape index (κ1) is 16.6. The molecular weight excluding hydrogens is 180 g/mol. The van der Waals surface area contributed by atoms with Crippen molar-refractivity contribution in [2.24, 2.45) is 0 Å². The minimum Gasteiger partial charge on any atom is -0.0776 e. The minimum atomic E-state index is 0. The van der Waals surface area contributed by atoms with E-state index in [1.165, 1.54) is 25.7 Å². The van der Waals surface area contributed by atoms with E-state index in [-0.39, 0.29) is 7.43 Å². The molecule has 0 radical (unpaired) electrons. The van der Waals surface area contributed by atoms with E-state index < -0.39 is 0 Å². The topological polar surface area (TPSA) is 0 Å². The van der Waals surface area contributed by atoms with Crippen molar-refractivity contribution in [2.45, 2.75) is 60.8 Å². The molecule has 1 aliphatic rings. The Morgan fingerprint density at radius 1 is 0.733 bits per heavy atom. The highest BCUT2D eigenvalue weighted by atomic mass is 14.1. The summed E-state index contributed by atoms with van der Waals surface area (Å²) in [7, 11) is 0. The van der Waals surface area contributed by atoms with Crippen molar-refractivity contribution in [1.82, 2.24) is 0 Å². The van der Waals surface area contributed by atoms with Crippen LogP contribution in [-0.4, -0.2) is 0 Å². The molecule has 0 bridgehead atoms. The van der Waals surface area contributed by atoms with Gasteiger partial charge in [0.25, 0.3) is 0 Å². The predicted molar refractivity (Wildman–Crippen MR) is 72.5 cm³/mol. The summed E-state index contributed by atoms with van der Waals surface area (Å²) in [5.74, 6) is 0. The Bertz CT molecular complexity index is 200. The second-order valence-electron chi connectivity index (χ2n) is 2.98. The van der Waals surface area contributed by atoms with Crippen molar-refractivity contribution in [2.75, 3.05) is 0 Å². The van der Waals surface area contributed by atoms with Crippen LogP contribution in [0.2, 0.25) is 0 Å². The molecule has 0 spiro atoms. The average molecular weight is 208 g/mol. The molecule has 15 heavy (non-hydrogen) atoms. The van der Waals surface area contributed by atoms with E-state index in [9.17, 15) is 0 Å². The first-order valence-corrected chi connectivity index (χ1v) is 6.03. The van der Waals surface area contributed by atoms with Crippen LogP contribution in [0.5, 0.6) is 0 Å². The Balaban J connectivity index is 0. The van der Waals surface area contributed by atoms with E-state index in [0.29, 0.717) is 0 Å². The Hall–Kier alpha value is -0.780. The van der Waals surface area contributed by atoms with Crippen LogP contribution in [0.4, 0.5) is 0 Å². The number of rotatable bonds is 0. The summed E-state index contributed by atoms with van der Waals surface area (Å²) in [5.41, 5.74) is 3.16. The van der Waals surface area contributed by atoms with Crippen LogP contribution >= 0.6 is 0 Å². The number of fused-ring (bicyclic) bond motifs is 1. The maximum Gasteiger partial charge on any atom is -0.0276 e. The summed E-state index contributed by atoms with van der Waals surface area (Å²) in [6.07, 6.45) is 5.38. The van der Waals surface area contributed by atoms with Gasteiger partial charge in [0.05, 0.1) is 0 Å². The molecule has 0 fully saturated rings. The summed E-state index contributed by atoms with van der Waals surface area (Å²) in [6.45, 7) is 8.00. The molecule has 0 saturated heterocycles. The molecule has 0 aromatic heterocycles. The lowest BCUT2D eigenvalue weighted by molar-refractivity contribution is 0.685. The van der Waals surface area contributed by atoms with Gasteiger partial charge in [-0.3, -0.25) is 0 Å². The van der Waals surface area contributed by atoms with Gasteiger partial charge in [0.15, 0.2) is 0 Å². The zero-order valence-electron chi connectivity index (χ0n) is 10.1. The third kappa shape index (κ3) is 5.61. The van der Waals surface area contributed by atoms with Gasteiger partial charge in [0.2, 0.25) is 0 Å². The largest absolute Gasteiger partial charge is 0.0776 e. The molecule has 88 valence electrons. The lowest BCUT2D eigenvalue weighted by Crippen LogP contribution is -2.00. The molecule has 0 amide bonds. The van der Waals surface area contributed by atoms with E-state index in [4.69, 9.17) is 0 Å². The summed E-state index contributed by atoms with van der Waals surface area (Å²) in [6, 6.07) is 8.80. The fraction of sp³-hybridized carbons (Fsp3) is 0.600. The van der Waals surface area contributed by atoms with E-state index in [2.05, 4.69) is 24.3 Å². The average Bonchev–Trinajstić information content (AvgIpc) is 2.34. The Kier molecular flexibility index (Phi) is 12.5. The second kappa shape index (κ2) is 11.3. The maximum atomic E-state index is 2.26. The highest BCUT2D eigenvalue weighted by molar-refractivity contribution is 5.28. The number of aryl methyl sites for hydroxylation is 2. The maximum absolute atomic E-state index is 2.26. The Labute approximate surface area is 96.7 Å². The number of benzene rings is 1. The molecular formula is C15H28. The van der Waals surface area contributed by atoms with Gasteiger partial charge in [-0.25, -0.2) is 0 Å². The van der Waals surface area contributed by atoms with Crippen molar-refractivity contribution in [3.8, 4) is 0 Å². The first-order valence-electron chi connectivity index (χ1n) is 6.03. The van der Waals surface area contributed by atoms with Crippen LogP contribution in [0.1, 0.15) is 59.1 Å². The van der Waals surface area contributed by atoms with E-state index >= 15 is 0 Å². The molecule has 0 heterocycles. The fourth-order valence-corrected chi connectivity index (χ4v) is 1.68. The van der Waals surface area contributed by atoms with Gasteiger partial charge < -0.3 is 0 Å². The number of hydrogen-bond acceptors (Lipinski definition) is 0. The van der Waals surface area contributed by atoms with Gasteiger partial charge in [-0.05, 0) is 36.8 Å². The van der Waals surface area contributed by atoms with Crippen LogP contribution < -0.4 is 0 Å². The van der Waals surface area contributed by atoms with Crippen molar-refractivity contribution in [3.63, 3.8) is 0 Å². The smallest absolute Gasteiger partial charge is 0.0276 e. The molecule has 0 aliphatic heterocycles. The highest BCUT2D eigenvalue weighted by Gasteiger charge is 2.05. The fourth-order valence-electron chi connectivity index (χ4n) is 1.68. The molecule has 0 N–H and O–H groups in total. The van der Waals surface area contributed by atoms with Gasteiger partial charge in [-0.1, -0.05) is 59.4 Å². The predicted octanol–water partition coefficient (Wildman–Crippen LogP) is 5.25. The standard InChI is InChI=1S/C10H12.2C2H6.CH4/c1-2-6-10-8-4-3-7-9(10)5-1;2*1-2;/h1-2,5-6H,3-4,7-8H2;2*1-2H3;1H4. The molecule has 1 aromatic rings. The van der Waals surface area contributed by atoms with Crippen LogP contribution in [0.3, 0.4) is 0 Å². The monoisotopic (exact) mass is 208 g/mol. The van der Waals surface area contributed by atoms with Crippen molar-refractivity contribution >= 4 is 0 Å². The van der Waals surface area contributed by atoms with E-state index in [1.54, 1.807) is 11.1 Å². The summed E-state index contributed by atoms with van der Waals surface area (Å²) < 4.78 is 0. The zero-order valence-corrected chi connectivity index (χ0v) is 10.1. The molecule has 1 aromatic carbocycles. The lowest BCUT2D eigenvalue weighted by Gasteiger charge is -2.13. The quantitative estimate of drug-likeness (QED) is 0.546. The van der Waals surface area contributed by atoms with Crippen LogP contribution in [0.25, 0.3) is 0 Å². The van der Waals surface area contributed by atoms with Gasteiger partial charge in [-0.2, -0.15) is 0 Å². The molecule has 0 saturated carbocycles. The number of hydrogen-bond donors (Lipinski definition) is 0. The van der Waals surface area contributed by atoms with Crippen LogP contribution in [0, 0.1) is 0 Å². The summed E-state index contributed by atoms with van der Waals surface area (Å²) >= 11 is 0. The Morgan fingerprint density at radius 2 is 1.07 bits per heavy atom. The van der Waals surface area contributed by atoms with Gasteiger partial charge >= 0.3 is 0 Å². The first-order chi connectivity index (χ1) is 6.97. The molecule has 2 rings (SSSR count). The molecule has 0 heteroatoms. The van der Waals surface area contributed by atoms with Crippen LogP contribution in [-0.2, 0) is 12.8 Å². The third-order valence-corrected chi connectivity index (χ3v) is 2.26. The third-order valence-electron chi connectivity index (χ3n) is 2.26. The van der Waals surface area contributed by atoms with Crippen molar-refractivity contribution < 1.29 is 0 Å². The van der Waals surface area contributed by atoms with Gasteiger partial charge in [0, 0.05) is 0 Å². The van der Waals surface area contributed by atoms with Gasteiger partial charge in [-0.15, -0.1) is 0 Å². The zero-order chi connectivity index (χ0) is 10.8. The molecule has 0 unspecified atom stereocenters. The lowest BCUT2D eigenvalue weighted by atomic mass is 9.92. The summed E-state index contributed by atoms with van der Waals surface area (Å²) in [4.78, 5) is 0. The summed E-state index contributed by atoms with van der Waals surface area (Å²) in [5, 5.41) is 0. The SMILES string of the molecule is C.CC.CC.c1ccc2c(c1)CCCC2. The van der Waals surface area contributed by atoms with E-state index in [1.807, 2.05) is 27.7 Å². The second-order valence-corrected chi connectivity index (χ2v) is 2.98. The van der Waals surface area contributed by atoms with Crippen molar-refractivity contribution in [1.29, 1.82) is 0 Å². The normalized spacial score (nSPS) is 11.7. The van der Waals surface area contributed by atoms with E-state index in [0.717, 1.165) is 0 Å². The molecule has 1 aliphatic carbocycles. The van der Waals surface area contributed by atoms with Crippen molar-refractivity contribution in [3.05, 3.63) is 35.4 Å².